The molecule has 0 saturated carbocycles. The second-order valence-corrected chi connectivity index (χ2v) is 4.68. The SMILES string of the molecule is CCCCNCNC(=O)c1ccnc(-c2ccccn2)c1. The Kier molecular flexibility index (Phi) is 5.84. The van der Waals surface area contributed by atoms with Gasteiger partial charge in [-0.15, -0.1) is 0 Å². The van der Waals surface area contributed by atoms with Gasteiger partial charge in [-0.25, -0.2) is 0 Å². The van der Waals surface area contributed by atoms with Crippen LogP contribution >= 0.6 is 0 Å². The van der Waals surface area contributed by atoms with Crippen LogP contribution in [0.3, 0.4) is 0 Å². The van der Waals surface area contributed by atoms with Gasteiger partial charge in [0.15, 0.2) is 0 Å². The van der Waals surface area contributed by atoms with Crippen molar-refractivity contribution in [1.82, 2.24) is 20.6 Å². The molecular formula is C16H20N4O. The van der Waals surface area contributed by atoms with E-state index in [1.165, 1.54) is 0 Å². The van der Waals surface area contributed by atoms with Gasteiger partial charge in [-0.3, -0.25) is 20.1 Å². The van der Waals surface area contributed by atoms with Crippen LogP contribution < -0.4 is 10.6 Å². The number of amides is 1. The maximum Gasteiger partial charge on any atom is 0.252 e. The summed E-state index contributed by atoms with van der Waals surface area (Å²) in [7, 11) is 0. The third-order valence-electron chi connectivity index (χ3n) is 3.03. The summed E-state index contributed by atoms with van der Waals surface area (Å²) in [6.07, 6.45) is 5.58. The lowest BCUT2D eigenvalue weighted by Crippen LogP contribution is -2.34. The first-order chi connectivity index (χ1) is 10.3. The number of rotatable bonds is 7. The minimum absolute atomic E-state index is 0.112. The minimum atomic E-state index is -0.112. The van der Waals surface area contributed by atoms with Crippen molar-refractivity contribution in [2.24, 2.45) is 0 Å². The molecule has 2 heterocycles. The lowest BCUT2D eigenvalue weighted by Gasteiger charge is -2.07. The summed E-state index contributed by atoms with van der Waals surface area (Å²) in [6.45, 7) is 3.52. The molecule has 0 radical (unpaired) electrons. The monoisotopic (exact) mass is 284 g/mol. The Balaban J connectivity index is 1.96. The number of pyridine rings is 2. The quantitative estimate of drug-likeness (QED) is 0.604. The fourth-order valence-electron chi connectivity index (χ4n) is 1.86. The summed E-state index contributed by atoms with van der Waals surface area (Å²) in [5, 5.41) is 6.01. The van der Waals surface area contributed by atoms with Crippen molar-refractivity contribution in [3.63, 3.8) is 0 Å². The predicted molar refractivity (Wildman–Crippen MR) is 82.7 cm³/mol. The van der Waals surface area contributed by atoms with E-state index in [0.29, 0.717) is 17.9 Å². The Bertz CT molecular complexity index is 571. The molecule has 2 aromatic rings. The first-order valence-corrected chi connectivity index (χ1v) is 7.17. The van der Waals surface area contributed by atoms with Crippen LogP contribution in [-0.2, 0) is 0 Å². The molecule has 5 nitrogen and oxygen atoms in total. The minimum Gasteiger partial charge on any atom is -0.339 e. The van der Waals surface area contributed by atoms with Gasteiger partial charge in [-0.05, 0) is 37.2 Å². The predicted octanol–water partition coefficient (Wildman–Crippen LogP) is 2.22. The van der Waals surface area contributed by atoms with Gasteiger partial charge in [0.2, 0.25) is 0 Å². The smallest absolute Gasteiger partial charge is 0.252 e. The normalized spacial score (nSPS) is 10.3. The Hall–Kier alpha value is -2.27. The van der Waals surface area contributed by atoms with E-state index in [0.717, 1.165) is 25.1 Å². The molecule has 0 aliphatic heterocycles. The Morgan fingerprint density at radius 3 is 2.76 bits per heavy atom. The summed E-state index contributed by atoms with van der Waals surface area (Å²) in [5.74, 6) is -0.112. The van der Waals surface area contributed by atoms with E-state index in [9.17, 15) is 4.79 Å². The summed E-state index contributed by atoms with van der Waals surface area (Å²) in [5.41, 5.74) is 2.04. The van der Waals surface area contributed by atoms with Crippen molar-refractivity contribution in [2.45, 2.75) is 19.8 Å². The van der Waals surface area contributed by atoms with Crippen LogP contribution in [0.1, 0.15) is 30.1 Å². The van der Waals surface area contributed by atoms with Gasteiger partial charge >= 0.3 is 0 Å². The standard InChI is InChI=1S/C16H20N4O/c1-2-3-8-17-12-20-16(21)13-7-10-19-15(11-13)14-6-4-5-9-18-14/h4-7,9-11,17H,2-3,8,12H2,1H3,(H,20,21). The third-order valence-corrected chi connectivity index (χ3v) is 3.03. The number of nitrogens with one attached hydrogen (secondary N) is 2. The number of hydrogen-bond acceptors (Lipinski definition) is 4. The average Bonchev–Trinajstić information content (AvgIpc) is 2.55. The van der Waals surface area contributed by atoms with Crippen molar-refractivity contribution < 1.29 is 4.79 Å². The number of nitrogens with zero attached hydrogens (tertiary/aromatic N) is 2. The Labute approximate surface area is 124 Å². The molecule has 0 fully saturated rings. The van der Waals surface area contributed by atoms with Gasteiger partial charge in [-0.2, -0.15) is 0 Å². The molecule has 0 spiro atoms. The maximum absolute atomic E-state index is 12.1. The van der Waals surface area contributed by atoms with Crippen LogP contribution in [0, 0.1) is 0 Å². The molecule has 0 unspecified atom stereocenters. The van der Waals surface area contributed by atoms with Gasteiger partial charge < -0.3 is 5.32 Å². The molecule has 2 N–H and O–H groups in total. The summed E-state index contributed by atoms with van der Waals surface area (Å²) in [4.78, 5) is 20.6. The molecule has 0 saturated heterocycles. The molecule has 0 aliphatic rings. The largest absolute Gasteiger partial charge is 0.339 e. The van der Waals surface area contributed by atoms with Crippen molar-refractivity contribution in [3.05, 3.63) is 48.3 Å². The summed E-state index contributed by atoms with van der Waals surface area (Å²) < 4.78 is 0. The molecule has 0 atom stereocenters. The van der Waals surface area contributed by atoms with E-state index in [1.807, 2.05) is 18.2 Å². The molecule has 0 aliphatic carbocycles. The highest BCUT2D eigenvalue weighted by molar-refractivity contribution is 5.94. The third kappa shape index (κ3) is 4.65. The molecular weight excluding hydrogens is 264 g/mol. The molecule has 110 valence electrons. The molecule has 2 aromatic heterocycles. The first kappa shape index (κ1) is 15.1. The van der Waals surface area contributed by atoms with Gasteiger partial charge in [0.25, 0.3) is 5.91 Å². The molecule has 0 bridgehead atoms. The fraction of sp³-hybridized carbons (Fsp3) is 0.312. The highest BCUT2D eigenvalue weighted by Gasteiger charge is 2.07. The number of hydrogen-bond donors (Lipinski definition) is 2. The molecule has 5 heteroatoms. The van der Waals surface area contributed by atoms with E-state index in [-0.39, 0.29) is 5.91 Å². The molecule has 1 amide bonds. The second-order valence-electron chi connectivity index (χ2n) is 4.68. The van der Waals surface area contributed by atoms with Gasteiger partial charge in [-0.1, -0.05) is 19.4 Å². The van der Waals surface area contributed by atoms with Gasteiger partial charge in [0.1, 0.15) is 0 Å². The van der Waals surface area contributed by atoms with E-state index in [4.69, 9.17) is 0 Å². The molecule has 0 aromatic carbocycles. The van der Waals surface area contributed by atoms with Crippen LogP contribution in [-0.4, -0.2) is 29.1 Å². The fourth-order valence-corrected chi connectivity index (χ4v) is 1.86. The zero-order valence-corrected chi connectivity index (χ0v) is 12.2. The zero-order chi connectivity index (χ0) is 14.9. The van der Waals surface area contributed by atoms with Crippen LogP contribution in [0.2, 0.25) is 0 Å². The van der Waals surface area contributed by atoms with Crippen molar-refractivity contribution in [2.75, 3.05) is 13.2 Å². The molecule has 21 heavy (non-hydrogen) atoms. The maximum atomic E-state index is 12.1. The van der Waals surface area contributed by atoms with E-state index < -0.39 is 0 Å². The zero-order valence-electron chi connectivity index (χ0n) is 12.2. The highest BCUT2D eigenvalue weighted by atomic mass is 16.1. The number of carbonyl (C=O) groups is 1. The van der Waals surface area contributed by atoms with E-state index in [1.54, 1.807) is 24.5 Å². The van der Waals surface area contributed by atoms with Gasteiger partial charge in [0, 0.05) is 18.0 Å². The second kappa shape index (κ2) is 8.11. The lowest BCUT2D eigenvalue weighted by molar-refractivity contribution is 0.0950. The highest BCUT2D eigenvalue weighted by Crippen LogP contribution is 2.14. The van der Waals surface area contributed by atoms with Crippen LogP contribution in [0.15, 0.2) is 42.7 Å². The number of aromatic nitrogens is 2. The van der Waals surface area contributed by atoms with Crippen molar-refractivity contribution in [1.29, 1.82) is 0 Å². The van der Waals surface area contributed by atoms with E-state index >= 15 is 0 Å². The van der Waals surface area contributed by atoms with Crippen LogP contribution in [0.5, 0.6) is 0 Å². The first-order valence-electron chi connectivity index (χ1n) is 7.17. The Morgan fingerprint density at radius 1 is 1.14 bits per heavy atom. The lowest BCUT2D eigenvalue weighted by atomic mass is 10.1. The number of unbranched alkanes of at least 4 members (excludes halogenated alkanes) is 1. The summed E-state index contributed by atoms with van der Waals surface area (Å²) >= 11 is 0. The van der Waals surface area contributed by atoms with Crippen molar-refractivity contribution >= 4 is 5.91 Å². The average molecular weight is 284 g/mol. The van der Waals surface area contributed by atoms with Crippen LogP contribution in [0.25, 0.3) is 11.4 Å². The molecule has 2 rings (SSSR count). The Morgan fingerprint density at radius 2 is 2.00 bits per heavy atom. The van der Waals surface area contributed by atoms with E-state index in [2.05, 4.69) is 27.5 Å². The topological polar surface area (TPSA) is 66.9 Å². The van der Waals surface area contributed by atoms with Gasteiger partial charge in [0.05, 0.1) is 18.1 Å². The summed E-state index contributed by atoms with van der Waals surface area (Å²) in [6, 6.07) is 9.07. The van der Waals surface area contributed by atoms with Crippen LogP contribution in [0.4, 0.5) is 0 Å². The number of carbonyl (C=O) groups excluding carboxylic acids is 1. The van der Waals surface area contributed by atoms with Crippen molar-refractivity contribution in [3.8, 4) is 11.4 Å².